The van der Waals surface area contributed by atoms with Crippen LogP contribution in [0.1, 0.15) is 38.2 Å². The smallest absolute Gasteiger partial charge is 0.183 e. The van der Waals surface area contributed by atoms with Gasteiger partial charge in [0.2, 0.25) is 0 Å². The minimum absolute atomic E-state index is 0.252. The Morgan fingerprint density at radius 3 is 2.39 bits per heavy atom. The van der Waals surface area contributed by atoms with Crippen LogP contribution < -0.4 is 5.73 Å². The maximum Gasteiger partial charge on any atom is 0.183 e. The molecule has 1 aliphatic carbocycles. The number of nitrogens with two attached hydrogens (primary N) is 1. The van der Waals surface area contributed by atoms with Crippen LogP contribution in [-0.2, 0) is 9.84 Å². The number of hydrogen-bond donors (Lipinski definition) is 1. The average Bonchev–Trinajstić information content (AvgIpc) is 2.32. The molecule has 0 amide bonds. The Bertz CT molecular complexity index is 529. The molecule has 0 bridgehead atoms. The van der Waals surface area contributed by atoms with E-state index in [0.29, 0.717) is 16.5 Å². The van der Waals surface area contributed by atoms with E-state index in [0.717, 1.165) is 31.2 Å². The summed E-state index contributed by atoms with van der Waals surface area (Å²) in [5.41, 5.74) is 7.14. The third-order valence-electron chi connectivity index (χ3n) is 3.88. The van der Waals surface area contributed by atoms with Crippen molar-refractivity contribution >= 4 is 15.5 Å². The monoisotopic (exact) mass is 267 g/mol. The predicted molar refractivity (Wildman–Crippen MR) is 74.2 cm³/mol. The number of rotatable bonds is 2. The van der Waals surface area contributed by atoms with E-state index in [2.05, 4.69) is 6.92 Å². The molecule has 1 saturated carbocycles. The Hall–Kier alpha value is -1.03. The highest BCUT2D eigenvalue weighted by atomic mass is 32.2. The second-order valence-electron chi connectivity index (χ2n) is 5.47. The van der Waals surface area contributed by atoms with Crippen molar-refractivity contribution < 1.29 is 8.42 Å². The number of nitrogen functional groups attached to an aromatic ring is 1. The Labute approximate surface area is 109 Å². The van der Waals surface area contributed by atoms with Crippen LogP contribution >= 0.6 is 0 Å². The quantitative estimate of drug-likeness (QED) is 0.838. The highest BCUT2D eigenvalue weighted by Gasteiger charge is 2.32. The van der Waals surface area contributed by atoms with E-state index in [9.17, 15) is 8.42 Å². The fourth-order valence-electron chi connectivity index (χ4n) is 2.61. The van der Waals surface area contributed by atoms with Crippen molar-refractivity contribution in [2.24, 2.45) is 5.92 Å². The summed E-state index contributed by atoms with van der Waals surface area (Å²) in [6.45, 7) is 4.07. The fourth-order valence-corrected chi connectivity index (χ4v) is 4.61. The molecule has 2 N–H and O–H groups in total. The SMILES string of the molecule is Cc1ccc(N)c(S(=O)(=O)C2CCC(C)CC2)c1. The van der Waals surface area contributed by atoms with Crippen LogP contribution in [0.2, 0.25) is 0 Å². The van der Waals surface area contributed by atoms with E-state index in [1.807, 2.05) is 13.0 Å². The average molecular weight is 267 g/mol. The molecule has 100 valence electrons. The number of anilines is 1. The summed E-state index contributed by atoms with van der Waals surface area (Å²) >= 11 is 0. The van der Waals surface area contributed by atoms with Crippen molar-refractivity contribution in [1.82, 2.24) is 0 Å². The Morgan fingerprint density at radius 2 is 1.78 bits per heavy atom. The lowest BCUT2D eigenvalue weighted by Gasteiger charge is -2.26. The lowest BCUT2D eigenvalue weighted by atomic mass is 9.91. The van der Waals surface area contributed by atoms with Crippen LogP contribution in [0.3, 0.4) is 0 Å². The topological polar surface area (TPSA) is 60.2 Å². The van der Waals surface area contributed by atoms with Gasteiger partial charge in [-0.2, -0.15) is 0 Å². The maximum absolute atomic E-state index is 12.6. The molecule has 1 aliphatic rings. The van der Waals surface area contributed by atoms with Gasteiger partial charge in [-0.15, -0.1) is 0 Å². The van der Waals surface area contributed by atoms with E-state index in [1.54, 1.807) is 12.1 Å². The standard InChI is InChI=1S/C14H21NO2S/c1-10-3-6-12(7-4-10)18(16,17)14-9-11(2)5-8-13(14)15/h5,8-10,12H,3-4,6-7,15H2,1-2H3. The maximum atomic E-state index is 12.6. The number of benzene rings is 1. The van der Waals surface area contributed by atoms with Gasteiger partial charge in [0, 0.05) is 0 Å². The highest BCUT2D eigenvalue weighted by Crippen LogP contribution is 2.33. The van der Waals surface area contributed by atoms with E-state index in [4.69, 9.17) is 5.73 Å². The molecule has 0 radical (unpaired) electrons. The molecule has 0 atom stereocenters. The first kappa shape index (κ1) is 13.4. The van der Waals surface area contributed by atoms with Crippen LogP contribution in [-0.4, -0.2) is 13.7 Å². The van der Waals surface area contributed by atoms with E-state index >= 15 is 0 Å². The molecule has 0 aromatic heterocycles. The molecule has 0 saturated heterocycles. The normalized spacial score (nSPS) is 25.0. The van der Waals surface area contributed by atoms with Gasteiger partial charge in [0.1, 0.15) is 0 Å². The van der Waals surface area contributed by atoms with Crippen LogP contribution in [0.4, 0.5) is 5.69 Å². The zero-order valence-electron chi connectivity index (χ0n) is 11.0. The molecule has 1 aromatic carbocycles. The minimum atomic E-state index is -3.26. The second kappa shape index (κ2) is 4.92. The molecule has 0 heterocycles. The molecule has 0 unspecified atom stereocenters. The Balaban J connectivity index is 2.33. The molecule has 18 heavy (non-hydrogen) atoms. The number of sulfone groups is 1. The molecular formula is C14H21NO2S. The lowest BCUT2D eigenvalue weighted by molar-refractivity contribution is 0.382. The molecule has 0 aliphatic heterocycles. The van der Waals surface area contributed by atoms with Crippen molar-refractivity contribution in [2.45, 2.75) is 49.7 Å². The largest absolute Gasteiger partial charge is 0.398 e. The fraction of sp³-hybridized carbons (Fsp3) is 0.571. The van der Waals surface area contributed by atoms with E-state index in [1.165, 1.54) is 0 Å². The van der Waals surface area contributed by atoms with Crippen LogP contribution in [0.5, 0.6) is 0 Å². The van der Waals surface area contributed by atoms with Gasteiger partial charge in [0.25, 0.3) is 0 Å². The van der Waals surface area contributed by atoms with Gasteiger partial charge in [-0.05, 0) is 56.2 Å². The molecular weight excluding hydrogens is 246 g/mol. The minimum Gasteiger partial charge on any atom is -0.398 e. The third kappa shape index (κ3) is 2.53. The first-order valence-electron chi connectivity index (χ1n) is 6.51. The molecule has 0 spiro atoms. The van der Waals surface area contributed by atoms with Crippen molar-refractivity contribution in [3.63, 3.8) is 0 Å². The van der Waals surface area contributed by atoms with Crippen molar-refractivity contribution in [3.05, 3.63) is 23.8 Å². The van der Waals surface area contributed by atoms with Crippen molar-refractivity contribution in [2.75, 3.05) is 5.73 Å². The van der Waals surface area contributed by atoms with Crippen molar-refractivity contribution in [3.8, 4) is 0 Å². The summed E-state index contributed by atoms with van der Waals surface area (Å²) in [5, 5.41) is -0.252. The molecule has 2 rings (SSSR count). The summed E-state index contributed by atoms with van der Waals surface area (Å²) in [5.74, 6) is 0.645. The summed E-state index contributed by atoms with van der Waals surface area (Å²) < 4.78 is 25.2. The summed E-state index contributed by atoms with van der Waals surface area (Å²) in [7, 11) is -3.26. The third-order valence-corrected chi connectivity index (χ3v) is 6.19. The van der Waals surface area contributed by atoms with Gasteiger partial charge >= 0.3 is 0 Å². The van der Waals surface area contributed by atoms with E-state index in [-0.39, 0.29) is 5.25 Å². The Kier molecular flexibility index (Phi) is 3.66. The summed E-state index contributed by atoms with van der Waals surface area (Å²) in [4.78, 5) is 0.321. The van der Waals surface area contributed by atoms with Gasteiger partial charge in [-0.25, -0.2) is 8.42 Å². The molecule has 1 aromatic rings. The second-order valence-corrected chi connectivity index (χ2v) is 7.66. The van der Waals surface area contributed by atoms with Gasteiger partial charge < -0.3 is 5.73 Å². The van der Waals surface area contributed by atoms with E-state index < -0.39 is 9.84 Å². The predicted octanol–water partition coefficient (Wildman–Crippen LogP) is 2.93. The highest BCUT2D eigenvalue weighted by molar-refractivity contribution is 7.92. The Morgan fingerprint density at radius 1 is 1.17 bits per heavy atom. The van der Waals surface area contributed by atoms with Crippen LogP contribution in [0.25, 0.3) is 0 Å². The first-order chi connectivity index (χ1) is 8.41. The summed E-state index contributed by atoms with van der Waals surface area (Å²) in [6.07, 6.45) is 3.51. The van der Waals surface area contributed by atoms with Crippen molar-refractivity contribution in [1.29, 1.82) is 0 Å². The molecule has 1 fully saturated rings. The lowest BCUT2D eigenvalue weighted by Crippen LogP contribution is -2.27. The zero-order valence-corrected chi connectivity index (χ0v) is 11.8. The van der Waals surface area contributed by atoms with Gasteiger partial charge in [0.05, 0.1) is 15.8 Å². The number of aryl methyl sites for hydroxylation is 1. The molecule has 4 heteroatoms. The molecule has 3 nitrogen and oxygen atoms in total. The van der Waals surface area contributed by atoms with Gasteiger partial charge in [-0.1, -0.05) is 13.0 Å². The van der Waals surface area contributed by atoms with Gasteiger partial charge in [0.15, 0.2) is 9.84 Å². The summed E-state index contributed by atoms with van der Waals surface area (Å²) in [6, 6.07) is 5.23. The zero-order chi connectivity index (χ0) is 13.3. The first-order valence-corrected chi connectivity index (χ1v) is 8.06. The number of hydrogen-bond acceptors (Lipinski definition) is 3. The van der Waals surface area contributed by atoms with Crippen LogP contribution in [0, 0.1) is 12.8 Å². The van der Waals surface area contributed by atoms with Crippen LogP contribution in [0.15, 0.2) is 23.1 Å². The van der Waals surface area contributed by atoms with Gasteiger partial charge in [-0.3, -0.25) is 0 Å².